The van der Waals surface area contributed by atoms with E-state index in [1.165, 1.54) is 0 Å². The van der Waals surface area contributed by atoms with Crippen molar-refractivity contribution < 1.29 is 27.4 Å². The number of benzene rings is 2. The van der Waals surface area contributed by atoms with Gasteiger partial charge in [0.1, 0.15) is 18.0 Å². The average molecular weight is 557 g/mol. The molecule has 3 heterocycles. The van der Waals surface area contributed by atoms with Crippen molar-refractivity contribution >= 4 is 15.9 Å². The Hall–Kier alpha value is -2.46. The number of amides is 1. The van der Waals surface area contributed by atoms with Crippen LogP contribution in [0.3, 0.4) is 0 Å². The molecule has 1 amide bonds. The molecule has 0 radical (unpaired) electrons. The summed E-state index contributed by atoms with van der Waals surface area (Å²) in [6.07, 6.45) is 4.04. The zero-order valence-corrected chi connectivity index (χ0v) is 24.2. The molecule has 3 aliphatic heterocycles. The molecule has 212 valence electrons. The Morgan fingerprint density at radius 3 is 2.46 bits per heavy atom. The molecule has 3 saturated heterocycles. The Balaban J connectivity index is 1.25. The number of aryl methyl sites for hydroxylation is 2. The first-order chi connectivity index (χ1) is 18.7. The number of likely N-dealkylation sites (tertiary alicyclic amines) is 1. The number of rotatable bonds is 9. The molecule has 0 spiro atoms. The van der Waals surface area contributed by atoms with Gasteiger partial charge in [0.25, 0.3) is 5.91 Å². The van der Waals surface area contributed by atoms with Crippen LogP contribution in [0.25, 0.3) is 0 Å². The van der Waals surface area contributed by atoms with Crippen LogP contribution in [0.5, 0.6) is 5.75 Å². The van der Waals surface area contributed by atoms with E-state index in [1.807, 2.05) is 43.3 Å². The number of sulfonamides is 1. The van der Waals surface area contributed by atoms with Gasteiger partial charge in [-0.3, -0.25) is 4.79 Å². The molecule has 3 aliphatic rings. The van der Waals surface area contributed by atoms with Crippen molar-refractivity contribution in [2.45, 2.75) is 82.2 Å². The van der Waals surface area contributed by atoms with Gasteiger partial charge in [0.2, 0.25) is 10.0 Å². The molecule has 3 fully saturated rings. The van der Waals surface area contributed by atoms with E-state index in [0.29, 0.717) is 24.4 Å². The van der Waals surface area contributed by atoms with Gasteiger partial charge in [0, 0.05) is 25.8 Å². The van der Waals surface area contributed by atoms with Crippen molar-refractivity contribution in [1.82, 2.24) is 9.21 Å². The number of ether oxygens (including phenoxy) is 3. The third kappa shape index (κ3) is 6.01. The van der Waals surface area contributed by atoms with Crippen LogP contribution in [-0.4, -0.2) is 81.2 Å². The maximum absolute atomic E-state index is 13.5. The molecule has 39 heavy (non-hydrogen) atoms. The third-order valence-electron chi connectivity index (χ3n) is 8.51. The summed E-state index contributed by atoms with van der Waals surface area (Å²) in [4.78, 5) is 15.3. The molecule has 0 saturated carbocycles. The van der Waals surface area contributed by atoms with Crippen LogP contribution in [0.15, 0.2) is 42.5 Å². The first-order valence-electron chi connectivity index (χ1n) is 14.0. The van der Waals surface area contributed by atoms with Crippen LogP contribution in [0.1, 0.15) is 59.7 Å². The summed E-state index contributed by atoms with van der Waals surface area (Å²) < 4.78 is 46.1. The van der Waals surface area contributed by atoms with Crippen molar-refractivity contribution in [2.75, 3.05) is 27.2 Å². The highest BCUT2D eigenvalue weighted by molar-refractivity contribution is 7.88. The second kappa shape index (κ2) is 11.6. The largest absolute Gasteiger partial charge is 0.486 e. The summed E-state index contributed by atoms with van der Waals surface area (Å²) in [5.74, 6) is 0.465. The minimum absolute atomic E-state index is 0.0115. The van der Waals surface area contributed by atoms with Crippen molar-refractivity contribution in [2.24, 2.45) is 0 Å². The topological polar surface area (TPSA) is 85.4 Å². The van der Waals surface area contributed by atoms with Crippen LogP contribution in [-0.2, 0) is 31.7 Å². The average Bonchev–Trinajstić information content (AvgIpc) is 3.48. The first-order valence-corrected chi connectivity index (χ1v) is 15.6. The molecule has 2 aromatic carbocycles. The van der Waals surface area contributed by atoms with Crippen LogP contribution in [0.4, 0.5) is 0 Å². The predicted molar refractivity (Wildman–Crippen MR) is 149 cm³/mol. The van der Waals surface area contributed by atoms with E-state index in [2.05, 4.69) is 6.92 Å². The maximum Gasteiger partial charge on any atom is 0.254 e. The molecule has 9 heteroatoms. The quantitative estimate of drug-likeness (QED) is 0.465. The Labute approximate surface area is 232 Å². The normalized spacial score (nSPS) is 26.8. The number of hydrogen-bond acceptors (Lipinski definition) is 6. The van der Waals surface area contributed by atoms with Gasteiger partial charge >= 0.3 is 0 Å². The number of carbonyl (C=O) groups is 1. The van der Waals surface area contributed by atoms with E-state index in [4.69, 9.17) is 14.2 Å². The van der Waals surface area contributed by atoms with Gasteiger partial charge in [0.15, 0.2) is 0 Å². The van der Waals surface area contributed by atoms with Crippen molar-refractivity contribution in [3.8, 4) is 5.75 Å². The molecule has 0 aromatic heterocycles. The fraction of sp³-hybridized carbons (Fsp3) is 0.567. The first kappa shape index (κ1) is 28.1. The molecule has 0 N–H and O–H groups in total. The lowest BCUT2D eigenvalue weighted by atomic mass is 9.99. The minimum Gasteiger partial charge on any atom is -0.486 e. The van der Waals surface area contributed by atoms with Crippen LogP contribution >= 0.6 is 0 Å². The van der Waals surface area contributed by atoms with Gasteiger partial charge in [-0.2, -0.15) is 0 Å². The Kier molecular flexibility index (Phi) is 8.33. The molecule has 8 nitrogen and oxygen atoms in total. The summed E-state index contributed by atoms with van der Waals surface area (Å²) in [5, 5.41) is 0. The maximum atomic E-state index is 13.5. The van der Waals surface area contributed by atoms with Crippen molar-refractivity contribution in [3.63, 3.8) is 0 Å². The molecule has 2 bridgehead atoms. The van der Waals surface area contributed by atoms with Gasteiger partial charge in [-0.05, 0) is 67.9 Å². The predicted octanol–water partition coefficient (Wildman–Crippen LogP) is 3.95. The van der Waals surface area contributed by atoms with Crippen molar-refractivity contribution in [1.29, 1.82) is 0 Å². The second-order valence-corrected chi connectivity index (χ2v) is 13.1. The number of nitrogens with zero attached hydrogens (tertiary/aromatic N) is 2. The second-order valence-electron chi connectivity index (χ2n) is 11.1. The Morgan fingerprint density at radius 1 is 1.08 bits per heavy atom. The standard InChI is InChI=1S/C30H40N2O6S/c1-5-22-10-6-8-20(2)29(22)30(33)32-17-27(36-4)28(18-32)38-24-11-7-9-21(14-24)19-39(34,35)31(3)23-15-25-12-13-26(16-23)37-25/h6-11,14,23,25-28H,5,12-13,15-19H2,1-4H3/t23?,25-,26+,27-,28-/m1/s1. The zero-order valence-electron chi connectivity index (χ0n) is 23.3. The van der Waals surface area contributed by atoms with Crippen LogP contribution in [0, 0.1) is 6.92 Å². The van der Waals surface area contributed by atoms with Gasteiger partial charge < -0.3 is 19.1 Å². The monoisotopic (exact) mass is 556 g/mol. The van der Waals surface area contributed by atoms with E-state index < -0.39 is 10.0 Å². The van der Waals surface area contributed by atoms with Gasteiger partial charge in [-0.1, -0.05) is 37.3 Å². The van der Waals surface area contributed by atoms with Crippen molar-refractivity contribution in [3.05, 3.63) is 64.7 Å². The lowest BCUT2D eigenvalue weighted by Crippen LogP contribution is -2.43. The third-order valence-corrected chi connectivity index (χ3v) is 10.4. The molecule has 5 rings (SSSR count). The van der Waals surface area contributed by atoms with E-state index in [9.17, 15) is 13.2 Å². The van der Waals surface area contributed by atoms with E-state index in [0.717, 1.165) is 48.8 Å². The molecular formula is C30H40N2O6S. The molecule has 1 unspecified atom stereocenters. The highest BCUT2D eigenvalue weighted by atomic mass is 32.2. The lowest BCUT2D eigenvalue weighted by Gasteiger charge is -2.34. The number of fused-ring (bicyclic) bond motifs is 2. The summed E-state index contributed by atoms with van der Waals surface area (Å²) in [5.41, 5.74) is 3.42. The smallest absolute Gasteiger partial charge is 0.254 e. The summed E-state index contributed by atoms with van der Waals surface area (Å²) in [6, 6.07) is 13.2. The van der Waals surface area contributed by atoms with Gasteiger partial charge in [-0.15, -0.1) is 0 Å². The molecule has 5 atom stereocenters. The number of hydrogen-bond donors (Lipinski definition) is 0. The van der Waals surface area contributed by atoms with Crippen LogP contribution < -0.4 is 4.74 Å². The molecule has 2 aromatic rings. The van der Waals surface area contributed by atoms with E-state index in [1.54, 1.807) is 29.4 Å². The number of carbonyl (C=O) groups excluding carboxylic acids is 1. The lowest BCUT2D eigenvalue weighted by molar-refractivity contribution is -0.0189. The van der Waals surface area contributed by atoms with Crippen LogP contribution in [0.2, 0.25) is 0 Å². The highest BCUT2D eigenvalue weighted by Gasteiger charge is 2.40. The summed E-state index contributed by atoms with van der Waals surface area (Å²) >= 11 is 0. The SMILES string of the molecule is CCc1cccc(C)c1C(=O)N1C[C@@H](OC)[C@H](Oc2cccc(CS(=O)(=O)N(C)C3C[C@H]4CC[C@@H](C3)O4)c2)C1. The minimum atomic E-state index is -3.51. The van der Waals surface area contributed by atoms with E-state index >= 15 is 0 Å². The molecular weight excluding hydrogens is 516 g/mol. The van der Waals surface area contributed by atoms with Gasteiger partial charge in [-0.25, -0.2) is 12.7 Å². The van der Waals surface area contributed by atoms with E-state index in [-0.39, 0.29) is 42.1 Å². The Bertz CT molecular complexity index is 1290. The number of methoxy groups -OCH3 is 1. The fourth-order valence-electron chi connectivity index (χ4n) is 6.29. The zero-order chi connectivity index (χ0) is 27.7. The fourth-order valence-corrected chi connectivity index (χ4v) is 7.72. The summed E-state index contributed by atoms with van der Waals surface area (Å²) in [7, 11) is -0.190. The Morgan fingerprint density at radius 2 is 1.77 bits per heavy atom. The summed E-state index contributed by atoms with van der Waals surface area (Å²) in [6.45, 7) is 4.85. The van der Waals surface area contributed by atoms with Gasteiger partial charge in [0.05, 0.1) is 31.1 Å². The highest BCUT2D eigenvalue weighted by Crippen LogP contribution is 2.35. The molecule has 0 aliphatic carbocycles.